The zero-order valence-corrected chi connectivity index (χ0v) is 25.8. The molecule has 4 saturated carbocycles. The Balaban J connectivity index is 0.000000728. The molecule has 2 aliphatic heterocycles. The Labute approximate surface area is 248 Å². The van der Waals surface area contributed by atoms with Crippen LogP contribution in [0.3, 0.4) is 0 Å². The van der Waals surface area contributed by atoms with E-state index in [1.807, 2.05) is 20.1 Å². The third-order valence-corrected chi connectivity index (χ3v) is 11.9. The highest BCUT2D eigenvalue weighted by atomic mass is 16.6. The number of aromatic hydroxyl groups is 1. The molecule has 1 aromatic rings. The number of methoxy groups -OCH3 is 1. The molecule has 8 rings (SSSR count). The van der Waals surface area contributed by atoms with Gasteiger partial charge in [0.1, 0.15) is 11.7 Å². The van der Waals surface area contributed by atoms with Gasteiger partial charge in [0.2, 0.25) is 0 Å². The molecular formula is C31H53NO10. The van der Waals surface area contributed by atoms with Crippen molar-refractivity contribution in [2.75, 3.05) is 20.2 Å². The molecule has 0 radical (unpaired) electrons. The van der Waals surface area contributed by atoms with Crippen LogP contribution in [-0.2, 0) is 21.4 Å². The highest BCUT2D eigenvalue weighted by Gasteiger charge is 2.82. The first-order valence-electron chi connectivity index (χ1n) is 14.5. The van der Waals surface area contributed by atoms with E-state index in [9.17, 15) is 10.2 Å². The first-order valence-corrected chi connectivity index (χ1v) is 14.5. The van der Waals surface area contributed by atoms with E-state index in [-0.39, 0.29) is 55.9 Å². The average Bonchev–Trinajstić information content (AvgIpc) is 3.58. The lowest BCUT2D eigenvalue weighted by atomic mass is 9.33. The van der Waals surface area contributed by atoms with Crippen molar-refractivity contribution in [2.24, 2.45) is 22.7 Å². The van der Waals surface area contributed by atoms with E-state index in [0.29, 0.717) is 11.8 Å². The zero-order chi connectivity index (χ0) is 27.5. The second kappa shape index (κ2) is 11.2. The number of nitrogens with zero attached hydrogens (tertiary/aromatic N) is 1. The van der Waals surface area contributed by atoms with Gasteiger partial charge in [0, 0.05) is 48.9 Å². The van der Waals surface area contributed by atoms with Crippen LogP contribution in [0, 0.1) is 22.7 Å². The van der Waals surface area contributed by atoms with Crippen LogP contribution in [0.25, 0.3) is 0 Å². The van der Waals surface area contributed by atoms with E-state index in [0.717, 1.165) is 51.5 Å². The number of rotatable bonds is 4. The highest BCUT2D eigenvalue weighted by Crippen LogP contribution is 2.78. The molecule has 242 valence electrons. The first kappa shape index (κ1) is 36.2. The Kier molecular flexibility index (Phi) is 9.63. The Morgan fingerprint density at radius 3 is 2.26 bits per heavy atom. The van der Waals surface area contributed by atoms with Gasteiger partial charge in [0.25, 0.3) is 5.97 Å². The lowest BCUT2D eigenvalue weighted by molar-refractivity contribution is -0.312. The Morgan fingerprint density at radius 1 is 1.10 bits per heavy atom. The molecule has 1 aromatic carbocycles. The molecule has 42 heavy (non-hydrogen) atoms. The maximum atomic E-state index is 12.2. The fraction of sp³-hybridized carbons (Fsp3) is 0.774. The van der Waals surface area contributed by atoms with Crippen molar-refractivity contribution < 1.29 is 51.5 Å². The van der Waals surface area contributed by atoms with Crippen LogP contribution >= 0.6 is 0 Å². The third kappa shape index (κ3) is 4.38. The topological polar surface area (TPSA) is 225 Å². The summed E-state index contributed by atoms with van der Waals surface area (Å²) in [4.78, 5) is 11.8. The monoisotopic (exact) mass is 599 g/mol. The fourth-order valence-corrected chi connectivity index (χ4v) is 9.58. The van der Waals surface area contributed by atoms with Gasteiger partial charge in [-0.1, -0.05) is 26.8 Å². The molecule has 0 amide bonds. The SMILES string of the molecule is CC(=O)O.CO[C@@]12CC[C@@]3(C[C@@H]1[C@](C)(O)C(C)(C)C)[C@H]1Cc4ccc(O)c5c4[C@@]3(CCN1CC1CC1)[C@H]2O5.O.O.O.O. The first-order chi connectivity index (χ1) is 17.7. The second-order valence-electron chi connectivity index (χ2n) is 14.3. The average molecular weight is 600 g/mol. The van der Waals surface area contributed by atoms with Crippen LogP contribution in [0.1, 0.15) is 84.3 Å². The Bertz CT molecular complexity index is 1160. The Hall–Kier alpha value is -1.99. The van der Waals surface area contributed by atoms with E-state index in [4.69, 9.17) is 19.4 Å². The van der Waals surface area contributed by atoms with Crippen molar-refractivity contribution in [2.45, 2.75) is 108 Å². The molecular weight excluding hydrogens is 546 g/mol. The molecule has 0 aromatic heterocycles. The van der Waals surface area contributed by atoms with Crippen LogP contribution in [0.5, 0.6) is 11.5 Å². The zero-order valence-electron chi connectivity index (χ0n) is 25.8. The summed E-state index contributed by atoms with van der Waals surface area (Å²) in [6.45, 7) is 11.9. The number of aliphatic hydroxyl groups is 1. The number of phenols is 1. The number of likely N-dealkylation sites (tertiary alicyclic amines) is 1. The molecule has 2 heterocycles. The predicted octanol–water partition coefficient (Wildman–Crippen LogP) is 1.21. The van der Waals surface area contributed by atoms with Crippen molar-refractivity contribution >= 4 is 5.97 Å². The van der Waals surface area contributed by atoms with Crippen LogP contribution in [0.4, 0.5) is 0 Å². The van der Waals surface area contributed by atoms with Gasteiger partial charge in [-0.3, -0.25) is 9.69 Å². The molecule has 5 aliphatic carbocycles. The minimum absolute atomic E-state index is 0. The van der Waals surface area contributed by atoms with Gasteiger partial charge in [0.15, 0.2) is 11.5 Å². The molecule has 0 unspecified atom stereocenters. The van der Waals surface area contributed by atoms with Crippen LogP contribution in [-0.4, -0.2) is 91.6 Å². The number of fused-ring (bicyclic) bond motifs is 2. The quantitative estimate of drug-likeness (QED) is 0.458. The summed E-state index contributed by atoms with van der Waals surface area (Å²) in [6, 6.07) is 4.46. The van der Waals surface area contributed by atoms with Crippen molar-refractivity contribution in [1.82, 2.24) is 4.90 Å². The van der Waals surface area contributed by atoms with Crippen LogP contribution in [0.15, 0.2) is 12.1 Å². The summed E-state index contributed by atoms with van der Waals surface area (Å²) in [6.07, 6.45) is 7.64. The van der Waals surface area contributed by atoms with Crippen molar-refractivity contribution in [1.29, 1.82) is 0 Å². The van der Waals surface area contributed by atoms with E-state index >= 15 is 0 Å². The van der Waals surface area contributed by atoms with Crippen LogP contribution in [0.2, 0.25) is 0 Å². The number of carbonyl (C=O) groups is 1. The number of aliphatic carboxylic acids is 1. The largest absolute Gasteiger partial charge is 0.504 e. The minimum Gasteiger partial charge on any atom is -0.504 e. The van der Waals surface area contributed by atoms with E-state index in [1.165, 1.54) is 30.5 Å². The Morgan fingerprint density at radius 2 is 1.71 bits per heavy atom. The van der Waals surface area contributed by atoms with Gasteiger partial charge in [0.05, 0.1) is 5.60 Å². The maximum absolute atomic E-state index is 12.2. The number of carboxylic acids is 1. The molecule has 4 bridgehead atoms. The summed E-state index contributed by atoms with van der Waals surface area (Å²) in [5, 5.41) is 30.6. The van der Waals surface area contributed by atoms with Crippen molar-refractivity contribution in [3.8, 4) is 11.5 Å². The highest BCUT2D eigenvalue weighted by molar-refractivity contribution is 5.63. The standard InChI is InChI=1S/C29H41NO4.C2H4O2.4H2O/c1-25(2,3)26(4,32)20-15-27-10-11-29(20,33-5)24-28(27)12-13-30(16-17-6-7-17)21(27)14-18-8-9-19(31)23(34-24)22(18)28;1-2(3)4;;;;/h8-9,17,20-21,24,31-32H,6-7,10-16H2,1-5H3;1H3,(H,3,4);4*1H2/t20-,21-,24-,26+,27-,28+,29+;;;;;/m1...../s1. The van der Waals surface area contributed by atoms with Crippen molar-refractivity contribution in [3.63, 3.8) is 0 Å². The molecule has 11 N–H and O–H groups in total. The number of benzene rings is 1. The number of carboxylic acid groups (broad SMARTS) is 1. The fourth-order valence-electron chi connectivity index (χ4n) is 9.58. The lowest BCUT2D eigenvalue weighted by Gasteiger charge is -2.75. The number of ether oxygens (including phenoxy) is 2. The smallest absolute Gasteiger partial charge is 0.300 e. The maximum Gasteiger partial charge on any atom is 0.300 e. The summed E-state index contributed by atoms with van der Waals surface area (Å²) >= 11 is 0. The van der Waals surface area contributed by atoms with Crippen LogP contribution < -0.4 is 4.74 Å². The minimum atomic E-state index is -0.909. The molecule has 5 fully saturated rings. The van der Waals surface area contributed by atoms with E-state index in [1.54, 1.807) is 0 Å². The molecule has 7 atom stereocenters. The van der Waals surface area contributed by atoms with Crippen molar-refractivity contribution in [3.05, 3.63) is 23.3 Å². The number of phenolic OH excluding ortho intramolecular Hbond substituents is 1. The van der Waals surface area contributed by atoms with Gasteiger partial charge in [-0.05, 0) is 81.4 Å². The molecule has 11 nitrogen and oxygen atoms in total. The van der Waals surface area contributed by atoms with E-state index in [2.05, 4.69) is 31.7 Å². The number of hydrogen-bond acceptors (Lipinski definition) is 6. The summed E-state index contributed by atoms with van der Waals surface area (Å²) in [7, 11) is 1.83. The normalized spacial score (nSPS) is 36.1. The molecule has 2 spiro atoms. The summed E-state index contributed by atoms with van der Waals surface area (Å²) in [5.41, 5.74) is 0.783. The van der Waals surface area contributed by atoms with Gasteiger partial charge in [-0.25, -0.2) is 0 Å². The molecule has 11 heteroatoms. The summed E-state index contributed by atoms with van der Waals surface area (Å²) < 4.78 is 13.5. The van der Waals surface area contributed by atoms with Gasteiger partial charge < -0.3 is 46.7 Å². The number of piperidine rings is 1. The third-order valence-electron chi connectivity index (χ3n) is 11.9. The van der Waals surface area contributed by atoms with Gasteiger partial charge in [-0.15, -0.1) is 0 Å². The number of hydrogen-bond donors (Lipinski definition) is 3. The van der Waals surface area contributed by atoms with Gasteiger partial charge in [-0.2, -0.15) is 0 Å². The van der Waals surface area contributed by atoms with E-state index < -0.39 is 17.2 Å². The predicted molar refractivity (Wildman–Crippen MR) is 158 cm³/mol. The molecule has 1 saturated heterocycles. The lowest BCUT2D eigenvalue weighted by Crippen LogP contribution is -2.83. The molecule has 7 aliphatic rings. The second-order valence-corrected chi connectivity index (χ2v) is 14.3. The summed E-state index contributed by atoms with van der Waals surface area (Å²) in [5.74, 6) is 0.969. The van der Waals surface area contributed by atoms with Gasteiger partial charge >= 0.3 is 0 Å².